The summed E-state index contributed by atoms with van der Waals surface area (Å²) in [5.74, 6) is 2.09. The molecule has 4 heterocycles. The van der Waals surface area contributed by atoms with Crippen LogP contribution in [0.1, 0.15) is 10.5 Å². The quantitative estimate of drug-likeness (QED) is 0.703. The number of likely N-dealkylation sites (tertiary alicyclic amines) is 1. The normalized spacial score (nSPS) is 22.4. The van der Waals surface area contributed by atoms with Crippen LogP contribution in [0.2, 0.25) is 0 Å². The predicted octanol–water partition coefficient (Wildman–Crippen LogP) is 1.52. The number of imidazole rings is 1. The van der Waals surface area contributed by atoms with E-state index in [0.717, 1.165) is 43.2 Å². The molecule has 2 atom stereocenters. The van der Waals surface area contributed by atoms with Gasteiger partial charge >= 0.3 is 0 Å². The molecule has 2 aromatic heterocycles. The van der Waals surface area contributed by atoms with Gasteiger partial charge in [-0.05, 0) is 18.2 Å². The van der Waals surface area contributed by atoms with Gasteiger partial charge in [0.15, 0.2) is 0 Å². The molecule has 2 saturated heterocycles. The van der Waals surface area contributed by atoms with Gasteiger partial charge in [-0.25, -0.2) is 4.98 Å². The molecule has 2 fully saturated rings. The maximum absolute atomic E-state index is 12.6. The van der Waals surface area contributed by atoms with Crippen LogP contribution in [-0.2, 0) is 14.1 Å². The first-order chi connectivity index (χ1) is 12.6. The largest absolute Gasteiger partial charge is 0.342 e. The van der Waals surface area contributed by atoms with Crippen molar-refractivity contribution in [3.8, 4) is 0 Å². The number of rotatable bonds is 2. The fraction of sp³-hybridized carbons (Fsp3) is 0.421. The van der Waals surface area contributed by atoms with Gasteiger partial charge in [0.1, 0.15) is 5.69 Å². The van der Waals surface area contributed by atoms with Crippen molar-refractivity contribution in [1.82, 2.24) is 24.2 Å². The van der Waals surface area contributed by atoms with E-state index in [4.69, 9.17) is 4.98 Å². The lowest BCUT2D eigenvalue weighted by Crippen LogP contribution is -2.34. The second kappa shape index (κ2) is 5.59. The Bertz CT molecular complexity index is 975. The summed E-state index contributed by atoms with van der Waals surface area (Å²) in [6, 6.07) is 10.0. The van der Waals surface area contributed by atoms with Crippen molar-refractivity contribution in [2.45, 2.75) is 0 Å². The molecule has 2 aliphatic heterocycles. The fourth-order valence-corrected chi connectivity index (χ4v) is 4.43. The van der Waals surface area contributed by atoms with Crippen molar-refractivity contribution in [2.75, 3.05) is 31.1 Å². The summed E-state index contributed by atoms with van der Waals surface area (Å²) in [5, 5.41) is 4.25. The third-order valence-electron chi connectivity index (χ3n) is 5.75. The summed E-state index contributed by atoms with van der Waals surface area (Å²) in [6.07, 6.45) is 1.82. The van der Waals surface area contributed by atoms with Gasteiger partial charge in [0, 0.05) is 58.3 Å². The lowest BCUT2D eigenvalue weighted by molar-refractivity contribution is 0.0776. The summed E-state index contributed by atoms with van der Waals surface area (Å²) in [5.41, 5.74) is 2.74. The first-order valence-electron chi connectivity index (χ1n) is 9.05. The minimum absolute atomic E-state index is 0.0503. The van der Waals surface area contributed by atoms with Crippen molar-refractivity contribution < 1.29 is 4.79 Å². The molecule has 2 unspecified atom stereocenters. The van der Waals surface area contributed by atoms with Crippen molar-refractivity contribution in [3.63, 3.8) is 0 Å². The maximum atomic E-state index is 12.6. The average molecular weight is 350 g/mol. The van der Waals surface area contributed by atoms with Crippen molar-refractivity contribution in [2.24, 2.45) is 25.9 Å². The summed E-state index contributed by atoms with van der Waals surface area (Å²) in [7, 11) is 3.92. The molecule has 0 bridgehead atoms. The minimum atomic E-state index is 0.0503. The highest BCUT2D eigenvalue weighted by Crippen LogP contribution is 2.35. The first kappa shape index (κ1) is 15.4. The lowest BCUT2D eigenvalue weighted by atomic mass is 10.0. The number of hydrogen-bond donors (Lipinski definition) is 0. The molecule has 0 aliphatic carbocycles. The molecule has 1 amide bonds. The topological polar surface area (TPSA) is 59.2 Å². The summed E-state index contributed by atoms with van der Waals surface area (Å²) >= 11 is 0. The second-order valence-electron chi connectivity index (χ2n) is 7.47. The number of hydrogen-bond acceptors (Lipinski definition) is 4. The molecule has 2 aliphatic rings. The van der Waals surface area contributed by atoms with Gasteiger partial charge in [-0.3, -0.25) is 9.48 Å². The number of fused-ring (bicyclic) bond motifs is 2. The SMILES string of the molecule is Cn1ccc(C(=O)N2CC3CN(c4nc5ccccc5n4C)CC3C2)n1. The van der Waals surface area contributed by atoms with Crippen molar-refractivity contribution >= 4 is 22.9 Å². The Morgan fingerprint density at radius 3 is 2.42 bits per heavy atom. The molecular weight excluding hydrogens is 328 g/mol. The molecule has 26 heavy (non-hydrogen) atoms. The van der Waals surface area contributed by atoms with E-state index in [9.17, 15) is 4.79 Å². The predicted molar refractivity (Wildman–Crippen MR) is 99.0 cm³/mol. The summed E-state index contributed by atoms with van der Waals surface area (Å²) < 4.78 is 3.85. The Morgan fingerprint density at radius 1 is 1.04 bits per heavy atom. The van der Waals surface area contributed by atoms with Crippen molar-refractivity contribution in [3.05, 3.63) is 42.2 Å². The zero-order chi connectivity index (χ0) is 17.8. The third kappa shape index (κ3) is 2.30. The van der Waals surface area contributed by atoms with E-state index < -0.39 is 0 Å². The summed E-state index contributed by atoms with van der Waals surface area (Å²) in [6.45, 7) is 3.52. The molecule has 0 spiro atoms. The van der Waals surface area contributed by atoms with Crippen LogP contribution in [0.3, 0.4) is 0 Å². The highest BCUT2D eigenvalue weighted by molar-refractivity contribution is 5.92. The molecule has 0 saturated carbocycles. The molecule has 5 rings (SSSR count). The van der Waals surface area contributed by atoms with E-state index in [0.29, 0.717) is 17.5 Å². The molecule has 7 nitrogen and oxygen atoms in total. The Morgan fingerprint density at radius 2 is 1.77 bits per heavy atom. The van der Waals surface area contributed by atoms with Crippen molar-refractivity contribution in [1.29, 1.82) is 0 Å². The number of benzene rings is 1. The van der Waals surface area contributed by atoms with E-state index in [1.54, 1.807) is 10.7 Å². The van der Waals surface area contributed by atoms with Gasteiger partial charge in [-0.15, -0.1) is 0 Å². The number of aryl methyl sites for hydroxylation is 2. The van der Waals surface area contributed by atoms with E-state index in [1.807, 2.05) is 30.3 Å². The van der Waals surface area contributed by atoms with Crippen LogP contribution in [0.15, 0.2) is 36.5 Å². The van der Waals surface area contributed by atoms with Crippen LogP contribution in [0, 0.1) is 11.8 Å². The molecule has 0 radical (unpaired) electrons. The number of nitrogens with zero attached hydrogens (tertiary/aromatic N) is 6. The maximum Gasteiger partial charge on any atom is 0.274 e. The fourth-order valence-electron chi connectivity index (χ4n) is 4.43. The van der Waals surface area contributed by atoms with Gasteiger partial charge in [-0.1, -0.05) is 12.1 Å². The first-order valence-corrected chi connectivity index (χ1v) is 9.05. The van der Waals surface area contributed by atoms with Crippen LogP contribution in [-0.4, -0.2) is 56.3 Å². The average Bonchev–Trinajstić information content (AvgIpc) is 3.37. The molecule has 3 aromatic rings. The Kier molecular flexibility index (Phi) is 3.32. The van der Waals surface area contributed by atoms with Gasteiger partial charge in [0.05, 0.1) is 11.0 Å². The number of anilines is 1. The van der Waals surface area contributed by atoms with E-state index in [1.165, 1.54) is 0 Å². The number of carbonyl (C=O) groups is 1. The standard InChI is InChI=1S/C19H22N6O/c1-22-8-7-16(21-22)18(26)24-9-13-11-25(12-14(13)10-24)19-20-15-5-3-4-6-17(15)23(19)2/h3-8,13-14H,9-12H2,1-2H3. The minimum Gasteiger partial charge on any atom is -0.342 e. The lowest BCUT2D eigenvalue weighted by Gasteiger charge is -2.22. The van der Waals surface area contributed by atoms with E-state index in [2.05, 4.69) is 33.7 Å². The van der Waals surface area contributed by atoms with E-state index >= 15 is 0 Å². The number of amides is 1. The number of para-hydroxylation sites is 2. The van der Waals surface area contributed by atoms with Crippen LogP contribution >= 0.6 is 0 Å². The Labute approximate surface area is 151 Å². The molecule has 7 heteroatoms. The molecule has 134 valence electrons. The Hall–Kier alpha value is -2.83. The van der Waals surface area contributed by atoms with Gasteiger partial charge < -0.3 is 14.4 Å². The van der Waals surface area contributed by atoms with Crippen LogP contribution < -0.4 is 4.90 Å². The highest BCUT2D eigenvalue weighted by atomic mass is 16.2. The summed E-state index contributed by atoms with van der Waals surface area (Å²) in [4.78, 5) is 21.8. The molecular formula is C19H22N6O. The van der Waals surface area contributed by atoms with Gasteiger partial charge in [0.25, 0.3) is 5.91 Å². The third-order valence-corrected chi connectivity index (χ3v) is 5.75. The zero-order valence-electron chi connectivity index (χ0n) is 15.0. The monoisotopic (exact) mass is 350 g/mol. The smallest absolute Gasteiger partial charge is 0.274 e. The number of carbonyl (C=O) groups excluding carboxylic acids is 1. The molecule has 0 N–H and O–H groups in total. The Balaban J connectivity index is 1.32. The molecule has 1 aromatic carbocycles. The highest BCUT2D eigenvalue weighted by Gasteiger charge is 2.43. The van der Waals surface area contributed by atoms with Crippen LogP contribution in [0.25, 0.3) is 11.0 Å². The van der Waals surface area contributed by atoms with Crippen LogP contribution in [0.5, 0.6) is 0 Å². The van der Waals surface area contributed by atoms with Gasteiger partial charge in [-0.2, -0.15) is 5.10 Å². The zero-order valence-corrected chi connectivity index (χ0v) is 15.0. The second-order valence-corrected chi connectivity index (χ2v) is 7.47. The van der Waals surface area contributed by atoms with Crippen LogP contribution in [0.4, 0.5) is 5.95 Å². The number of aromatic nitrogens is 4. The van der Waals surface area contributed by atoms with Gasteiger partial charge in [0.2, 0.25) is 5.95 Å². The van der Waals surface area contributed by atoms with E-state index in [-0.39, 0.29) is 5.91 Å².